The van der Waals surface area contributed by atoms with Gasteiger partial charge in [-0.25, -0.2) is 9.80 Å². The zero-order chi connectivity index (χ0) is 21.1. The number of hydrogen-bond acceptors (Lipinski definition) is 8. The summed E-state index contributed by atoms with van der Waals surface area (Å²) in [6, 6.07) is 14.7. The van der Waals surface area contributed by atoms with Gasteiger partial charge in [0, 0.05) is 10.8 Å². The van der Waals surface area contributed by atoms with E-state index in [4.69, 9.17) is 14.5 Å². The second-order valence-corrected chi connectivity index (χ2v) is 7.20. The SMILES string of the molecule is CCOC(=O)COc1ccccc1[C@@H]1N=c2ccccc2=C2C(=O)NC(SC)=NN21. The molecule has 8 nitrogen and oxygen atoms in total. The first kappa shape index (κ1) is 20.0. The van der Waals surface area contributed by atoms with Crippen molar-refractivity contribution < 1.29 is 19.1 Å². The lowest BCUT2D eigenvalue weighted by molar-refractivity contribution is -0.145. The minimum Gasteiger partial charge on any atom is -0.481 e. The van der Waals surface area contributed by atoms with Gasteiger partial charge < -0.3 is 9.47 Å². The van der Waals surface area contributed by atoms with Gasteiger partial charge in [0.05, 0.1) is 12.0 Å². The van der Waals surface area contributed by atoms with Gasteiger partial charge in [0.2, 0.25) is 0 Å². The van der Waals surface area contributed by atoms with Crippen molar-refractivity contribution >= 4 is 34.5 Å². The highest BCUT2D eigenvalue weighted by Gasteiger charge is 2.35. The van der Waals surface area contributed by atoms with Gasteiger partial charge in [0.25, 0.3) is 5.91 Å². The number of benzene rings is 2. The Kier molecular flexibility index (Phi) is 5.71. The van der Waals surface area contributed by atoms with Gasteiger partial charge in [0.1, 0.15) is 11.4 Å². The Balaban J connectivity index is 1.81. The van der Waals surface area contributed by atoms with Crippen LogP contribution < -0.4 is 20.6 Å². The molecular weight excluding hydrogens is 404 g/mol. The quantitative estimate of drug-likeness (QED) is 0.724. The Labute approximate surface area is 177 Å². The first-order valence-corrected chi connectivity index (χ1v) is 10.6. The summed E-state index contributed by atoms with van der Waals surface area (Å²) >= 11 is 1.34. The van der Waals surface area contributed by atoms with Gasteiger partial charge in [-0.05, 0) is 25.3 Å². The van der Waals surface area contributed by atoms with Crippen LogP contribution in [-0.4, -0.2) is 41.5 Å². The smallest absolute Gasteiger partial charge is 0.344 e. The molecule has 1 amide bonds. The predicted molar refractivity (Wildman–Crippen MR) is 113 cm³/mol. The average molecular weight is 424 g/mol. The molecule has 2 aromatic rings. The van der Waals surface area contributed by atoms with Crippen LogP contribution in [0.1, 0.15) is 18.7 Å². The molecule has 0 unspecified atom stereocenters. The van der Waals surface area contributed by atoms with Crippen molar-refractivity contribution in [2.24, 2.45) is 10.1 Å². The Morgan fingerprint density at radius 2 is 1.97 bits per heavy atom. The number of esters is 1. The molecule has 154 valence electrons. The van der Waals surface area contributed by atoms with Crippen molar-refractivity contribution in [1.82, 2.24) is 10.3 Å². The van der Waals surface area contributed by atoms with Crippen LogP contribution >= 0.6 is 11.8 Å². The number of nitrogens with one attached hydrogen (secondary N) is 1. The lowest BCUT2D eigenvalue weighted by Crippen LogP contribution is -2.50. The fraction of sp³-hybridized carbons (Fsp3) is 0.238. The molecule has 0 fully saturated rings. The summed E-state index contributed by atoms with van der Waals surface area (Å²) in [5.41, 5.74) is 1.11. The van der Waals surface area contributed by atoms with Crippen molar-refractivity contribution in [2.75, 3.05) is 19.5 Å². The molecule has 0 aromatic heterocycles. The number of ether oxygens (including phenoxy) is 2. The van der Waals surface area contributed by atoms with E-state index in [2.05, 4.69) is 10.4 Å². The van der Waals surface area contributed by atoms with E-state index in [-0.39, 0.29) is 19.1 Å². The Morgan fingerprint density at radius 1 is 1.20 bits per heavy atom. The number of hydrogen-bond donors (Lipinski definition) is 1. The van der Waals surface area contributed by atoms with Crippen molar-refractivity contribution in [3.05, 3.63) is 64.7 Å². The van der Waals surface area contributed by atoms with Gasteiger partial charge in [-0.15, -0.1) is 5.10 Å². The second kappa shape index (κ2) is 8.58. The molecule has 9 heteroatoms. The molecule has 2 aliphatic rings. The maximum absolute atomic E-state index is 12.9. The number of rotatable bonds is 5. The number of carbonyl (C=O) groups excluding carboxylic acids is 2. The first-order chi connectivity index (χ1) is 14.6. The van der Waals surface area contributed by atoms with Gasteiger partial charge in [-0.3, -0.25) is 15.1 Å². The topological polar surface area (TPSA) is 92.6 Å². The minimum atomic E-state index is -0.624. The summed E-state index contributed by atoms with van der Waals surface area (Å²) in [6.07, 6.45) is 1.21. The number of amides is 1. The number of thioether (sulfide) groups is 1. The van der Waals surface area contributed by atoms with Crippen LogP contribution in [0.15, 0.2) is 58.6 Å². The lowest BCUT2D eigenvalue weighted by atomic mass is 10.1. The molecular formula is C21H20N4O4S. The van der Waals surface area contributed by atoms with E-state index in [0.29, 0.717) is 32.8 Å². The number of fused-ring (bicyclic) bond motifs is 2. The molecule has 2 heterocycles. The Morgan fingerprint density at radius 3 is 2.77 bits per heavy atom. The molecule has 2 aliphatic heterocycles. The zero-order valence-electron chi connectivity index (χ0n) is 16.5. The summed E-state index contributed by atoms with van der Waals surface area (Å²) in [4.78, 5) is 29.5. The highest BCUT2D eigenvalue weighted by Crippen LogP contribution is 2.35. The van der Waals surface area contributed by atoms with E-state index in [1.54, 1.807) is 18.0 Å². The molecule has 0 aliphatic carbocycles. The van der Waals surface area contributed by atoms with Crippen molar-refractivity contribution in [2.45, 2.75) is 13.1 Å². The molecule has 0 saturated carbocycles. The Hall–Kier alpha value is -3.33. The van der Waals surface area contributed by atoms with Crippen LogP contribution in [0.5, 0.6) is 5.75 Å². The molecule has 1 atom stereocenters. The van der Waals surface area contributed by atoms with Crippen LogP contribution in [0.4, 0.5) is 0 Å². The summed E-state index contributed by atoms with van der Waals surface area (Å²) < 4.78 is 10.7. The van der Waals surface area contributed by atoms with Crippen LogP contribution in [0.3, 0.4) is 0 Å². The molecule has 0 radical (unpaired) electrons. The molecule has 30 heavy (non-hydrogen) atoms. The fourth-order valence-electron chi connectivity index (χ4n) is 3.29. The summed E-state index contributed by atoms with van der Waals surface area (Å²) in [5, 5.41) is 10.9. The van der Waals surface area contributed by atoms with E-state index in [1.807, 2.05) is 48.7 Å². The number of amidine groups is 1. The first-order valence-electron chi connectivity index (χ1n) is 9.40. The second-order valence-electron chi connectivity index (χ2n) is 6.41. The highest BCUT2D eigenvalue weighted by molar-refractivity contribution is 8.13. The van der Waals surface area contributed by atoms with Crippen LogP contribution in [0, 0.1) is 0 Å². The van der Waals surface area contributed by atoms with Gasteiger partial charge in [0.15, 0.2) is 17.9 Å². The van der Waals surface area contributed by atoms with E-state index in [0.717, 1.165) is 0 Å². The largest absolute Gasteiger partial charge is 0.481 e. The predicted octanol–water partition coefficient (Wildman–Crippen LogP) is 1.13. The third-order valence-corrected chi connectivity index (χ3v) is 5.13. The van der Waals surface area contributed by atoms with Crippen LogP contribution in [-0.2, 0) is 14.3 Å². The van der Waals surface area contributed by atoms with Gasteiger partial charge >= 0.3 is 5.97 Å². The lowest BCUT2D eigenvalue weighted by Gasteiger charge is -2.34. The third kappa shape index (κ3) is 3.76. The monoisotopic (exact) mass is 424 g/mol. The van der Waals surface area contributed by atoms with Crippen LogP contribution in [0.25, 0.3) is 5.70 Å². The molecule has 4 rings (SSSR count). The van der Waals surface area contributed by atoms with E-state index in [9.17, 15) is 9.59 Å². The standard InChI is InChI=1S/C21H20N4O4S/c1-3-28-17(26)12-29-16-11-7-5-9-14(16)19-22-15-10-6-4-8-13(15)18-20(27)23-21(30-2)24-25(18)19/h4-11,19H,3,12H2,1-2H3,(H,23,24,27)/t19-/m1/s1. The number of nitrogens with zero attached hydrogens (tertiary/aromatic N) is 3. The molecule has 0 spiro atoms. The van der Waals surface area contributed by atoms with Gasteiger partial charge in [-0.2, -0.15) is 0 Å². The summed E-state index contributed by atoms with van der Waals surface area (Å²) in [5.74, 6) is -0.220. The van der Waals surface area contributed by atoms with Crippen molar-refractivity contribution in [3.63, 3.8) is 0 Å². The number of hydrazone groups is 1. The zero-order valence-corrected chi connectivity index (χ0v) is 17.3. The molecule has 0 saturated heterocycles. The number of carbonyl (C=O) groups is 2. The van der Waals surface area contributed by atoms with Crippen molar-refractivity contribution in [3.8, 4) is 5.75 Å². The average Bonchev–Trinajstić information content (AvgIpc) is 2.77. The number of para-hydroxylation sites is 2. The normalized spacial score (nSPS) is 17.2. The van der Waals surface area contributed by atoms with Crippen LogP contribution in [0.2, 0.25) is 0 Å². The molecule has 0 bridgehead atoms. The highest BCUT2D eigenvalue weighted by atomic mass is 32.2. The molecule has 1 N–H and O–H groups in total. The van der Waals surface area contributed by atoms with E-state index >= 15 is 0 Å². The third-order valence-electron chi connectivity index (χ3n) is 4.56. The molecule has 2 aromatic carbocycles. The Bertz CT molecular complexity index is 1150. The van der Waals surface area contributed by atoms with E-state index in [1.165, 1.54) is 11.8 Å². The maximum atomic E-state index is 12.9. The minimum absolute atomic E-state index is 0.218. The van der Waals surface area contributed by atoms with Crippen molar-refractivity contribution in [1.29, 1.82) is 0 Å². The maximum Gasteiger partial charge on any atom is 0.344 e. The summed E-state index contributed by atoms with van der Waals surface area (Å²) in [6.45, 7) is 1.81. The van der Waals surface area contributed by atoms with E-state index < -0.39 is 12.1 Å². The van der Waals surface area contributed by atoms with Gasteiger partial charge in [-0.1, -0.05) is 48.2 Å². The summed E-state index contributed by atoms with van der Waals surface area (Å²) in [7, 11) is 0. The fourth-order valence-corrected chi connectivity index (χ4v) is 3.65.